The smallest absolute Gasteiger partial charge is 0.257 e. The Labute approximate surface area is 168 Å². The Kier molecular flexibility index (Phi) is 6.94. The van der Waals surface area contributed by atoms with Gasteiger partial charge in [0.05, 0.1) is 17.5 Å². The number of rotatable bonds is 7. The highest BCUT2D eigenvalue weighted by Gasteiger charge is 2.16. The molecular weight excluding hydrogens is 396 g/mol. The van der Waals surface area contributed by atoms with Crippen LogP contribution in [0.1, 0.15) is 30.6 Å². The number of sulfonamides is 1. The first-order valence-corrected chi connectivity index (χ1v) is 10.6. The molecule has 0 atom stereocenters. The van der Waals surface area contributed by atoms with Gasteiger partial charge in [0.25, 0.3) is 5.91 Å². The van der Waals surface area contributed by atoms with Crippen LogP contribution in [-0.2, 0) is 19.6 Å². The molecule has 0 heterocycles. The van der Waals surface area contributed by atoms with Crippen molar-refractivity contribution in [2.75, 3.05) is 26.9 Å². The third-order valence-corrected chi connectivity index (χ3v) is 4.22. The second-order valence-electron chi connectivity index (χ2n) is 6.25. The number of amides is 3. The van der Waals surface area contributed by atoms with Crippen LogP contribution in [0.25, 0.3) is 0 Å². The van der Waals surface area contributed by atoms with Gasteiger partial charge in [-0.15, -0.1) is 0 Å². The third-order valence-electron chi connectivity index (χ3n) is 3.63. The van der Waals surface area contributed by atoms with Crippen molar-refractivity contribution in [2.45, 2.75) is 20.3 Å². The third kappa shape index (κ3) is 6.92. The van der Waals surface area contributed by atoms with Crippen LogP contribution in [0.5, 0.6) is 0 Å². The summed E-state index contributed by atoms with van der Waals surface area (Å²) < 4.78 is 25.5. The molecule has 0 spiro atoms. The van der Waals surface area contributed by atoms with Crippen molar-refractivity contribution in [2.24, 2.45) is 0 Å². The van der Waals surface area contributed by atoms with E-state index in [1.54, 1.807) is 31.2 Å². The van der Waals surface area contributed by atoms with Gasteiger partial charge < -0.3 is 16.0 Å². The van der Waals surface area contributed by atoms with Crippen LogP contribution in [0, 0.1) is 0 Å². The number of hydrogen-bond donors (Lipinski definition) is 4. The minimum absolute atomic E-state index is 0.0324. The highest BCUT2D eigenvalue weighted by Crippen LogP contribution is 2.23. The molecule has 0 fully saturated rings. The van der Waals surface area contributed by atoms with Gasteiger partial charge in [-0.2, -0.15) is 0 Å². The largest absolute Gasteiger partial charge is 0.326 e. The van der Waals surface area contributed by atoms with Crippen molar-refractivity contribution in [1.82, 2.24) is 0 Å². The summed E-state index contributed by atoms with van der Waals surface area (Å²) in [6.07, 6.45) is 1.32. The zero-order valence-corrected chi connectivity index (χ0v) is 17.0. The maximum Gasteiger partial charge on any atom is 0.257 e. The van der Waals surface area contributed by atoms with E-state index in [-0.39, 0.29) is 23.1 Å². The normalized spacial score (nSPS) is 10.7. The molecule has 0 aliphatic carbocycles. The van der Waals surface area contributed by atoms with E-state index in [0.29, 0.717) is 23.5 Å². The van der Waals surface area contributed by atoms with E-state index >= 15 is 0 Å². The van der Waals surface area contributed by atoms with E-state index in [2.05, 4.69) is 20.7 Å². The van der Waals surface area contributed by atoms with Crippen LogP contribution in [-0.4, -0.2) is 32.4 Å². The molecule has 2 aromatic rings. The molecule has 9 nitrogen and oxygen atoms in total. The maximum absolute atomic E-state index is 12.7. The van der Waals surface area contributed by atoms with Gasteiger partial charge in [-0.1, -0.05) is 6.92 Å². The summed E-state index contributed by atoms with van der Waals surface area (Å²) in [5.41, 5.74) is 1.48. The summed E-state index contributed by atoms with van der Waals surface area (Å²) >= 11 is 0. The van der Waals surface area contributed by atoms with Crippen molar-refractivity contribution < 1.29 is 22.8 Å². The molecule has 0 radical (unpaired) electrons. The van der Waals surface area contributed by atoms with E-state index in [9.17, 15) is 22.8 Å². The summed E-state index contributed by atoms with van der Waals surface area (Å²) in [6, 6.07) is 10.7. The van der Waals surface area contributed by atoms with Gasteiger partial charge in [0.2, 0.25) is 21.8 Å². The minimum atomic E-state index is -3.62. The van der Waals surface area contributed by atoms with Gasteiger partial charge in [0.15, 0.2) is 0 Å². The Hall–Kier alpha value is -3.40. The molecule has 154 valence electrons. The SMILES string of the molecule is CCC(=O)Nc1ccc(NC(=O)c2cc(NC(C)=O)ccc2NS(C)(=O)=O)cc1. The number of nitrogens with one attached hydrogen (secondary N) is 4. The molecule has 29 heavy (non-hydrogen) atoms. The van der Waals surface area contributed by atoms with Gasteiger partial charge in [-0.3, -0.25) is 19.1 Å². The molecule has 2 aromatic carbocycles. The fourth-order valence-electron chi connectivity index (χ4n) is 2.39. The number of hydrogen-bond acceptors (Lipinski definition) is 5. The van der Waals surface area contributed by atoms with E-state index in [1.807, 2.05) is 0 Å². The topological polar surface area (TPSA) is 133 Å². The van der Waals surface area contributed by atoms with E-state index in [1.165, 1.54) is 25.1 Å². The summed E-state index contributed by atoms with van der Waals surface area (Å²) in [6.45, 7) is 3.06. The lowest BCUT2D eigenvalue weighted by Crippen LogP contribution is -2.18. The maximum atomic E-state index is 12.7. The summed E-state index contributed by atoms with van der Waals surface area (Å²) in [7, 11) is -3.62. The number of anilines is 4. The zero-order chi connectivity index (χ0) is 21.6. The van der Waals surface area contributed by atoms with Gasteiger partial charge in [0.1, 0.15) is 0 Å². The fourth-order valence-corrected chi connectivity index (χ4v) is 2.96. The predicted octanol–water partition coefficient (Wildman–Crippen LogP) is 2.62. The van der Waals surface area contributed by atoms with E-state index in [0.717, 1.165) is 6.26 Å². The summed E-state index contributed by atoms with van der Waals surface area (Å²) in [4.78, 5) is 35.4. The first kappa shape index (κ1) is 21.9. The predicted molar refractivity (Wildman–Crippen MR) is 113 cm³/mol. The van der Waals surface area contributed by atoms with Crippen molar-refractivity contribution >= 4 is 50.5 Å². The van der Waals surface area contributed by atoms with Gasteiger partial charge in [-0.05, 0) is 42.5 Å². The molecule has 0 aromatic heterocycles. The molecule has 0 saturated carbocycles. The molecule has 3 amide bonds. The molecule has 0 saturated heterocycles. The Morgan fingerprint density at radius 2 is 1.41 bits per heavy atom. The van der Waals surface area contributed by atoms with Gasteiger partial charge >= 0.3 is 0 Å². The average molecular weight is 418 g/mol. The molecule has 0 aliphatic rings. The quantitative estimate of drug-likeness (QED) is 0.548. The number of carbonyl (C=O) groups excluding carboxylic acids is 3. The lowest BCUT2D eigenvalue weighted by atomic mass is 10.1. The standard InChI is InChI=1S/C19H22N4O5S/c1-4-18(25)21-13-5-7-14(8-6-13)22-19(26)16-11-15(20-12(2)24)9-10-17(16)23-29(3,27)28/h5-11,23H,4H2,1-3H3,(H,20,24)(H,21,25)(H,22,26). The molecule has 0 aliphatic heterocycles. The second-order valence-corrected chi connectivity index (χ2v) is 8.00. The zero-order valence-electron chi connectivity index (χ0n) is 16.2. The molecular formula is C19H22N4O5S. The van der Waals surface area contributed by atoms with Crippen LogP contribution in [0.15, 0.2) is 42.5 Å². The Bertz CT molecular complexity index is 1030. The molecule has 2 rings (SSSR count). The van der Waals surface area contributed by atoms with Crippen molar-refractivity contribution in [1.29, 1.82) is 0 Å². The highest BCUT2D eigenvalue weighted by molar-refractivity contribution is 7.92. The van der Waals surface area contributed by atoms with Crippen LogP contribution < -0.4 is 20.7 Å². The highest BCUT2D eigenvalue weighted by atomic mass is 32.2. The number of carbonyl (C=O) groups is 3. The Balaban J connectivity index is 2.27. The first-order valence-electron chi connectivity index (χ1n) is 8.68. The Morgan fingerprint density at radius 3 is 1.93 bits per heavy atom. The van der Waals surface area contributed by atoms with E-state index < -0.39 is 15.9 Å². The van der Waals surface area contributed by atoms with E-state index in [4.69, 9.17) is 0 Å². The summed E-state index contributed by atoms with van der Waals surface area (Å²) in [5, 5.41) is 7.90. The van der Waals surface area contributed by atoms with Crippen molar-refractivity contribution in [3.05, 3.63) is 48.0 Å². The lowest BCUT2D eigenvalue weighted by Gasteiger charge is -2.13. The molecule has 10 heteroatoms. The lowest BCUT2D eigenvalue weighted by molar-refractivity contribution is -0.116. The van der Waals surface area contributed by atoms with Crippen molar-refractivity contribution in [3.8, 4) is 0 Å². The Morgan fingerprint density at radius 1 is 0.862 bits per heavy atom. The molecule has 0 bridgehead atoms. The monoisotopic (exact) mass is 418 g/mol. The van der Waals surface area contributed by atoms with Crippen LogP contribution in [0.3, 0.4) is 0 Å². The van der Waals surface area contributed by atoms with Crippen molar-refractivity contribution in [3.63, 3.8) is 0 Å². The molecule has 0 unspecified atom stereocenters. The fraction of sp³-hybridized carbons (Fsp3) is 0.211. The van der Waals surface area contributed by atoms with Gasteiger partial charge in [0, 0.05) is 30.4 Å². The van der Waals surface area contributed by atoms with Crippen LogP contribution in [0.4, 0.5) is 22.7 Å². The average Bonchev–Trinajstić information content (AvgIpc) is 2.62. The second kappa shape index (κ2) is 9.20. The molecule has 4 N–H and O–H groups in total. The summed E-state index contributed by atoms with van der Waals surface area (Å²) in [5.74, 6) is -1.04. The van der Waals surface area contributed by atoms with Gasteiger partial charge in [-0.25, -0.2) is 8.42 Å². The first-order chi connectivity index (χ1) is 13.6. The van der Waals surface area contributed by atoms with Crippen LogP contribution in [0.2, 0.25) is 0 Å². The minimum Gasteiger partial charge on any atom is -0.326 e. The number of benzene rings is 2. The van der Waals surface area contributed by atoms with Crippen LogP contribution >= 0.6 is 0 Å².